The van der Waals surface area contributed by atoms with Crippen molar-refractivity contribution in [3.8, 4) is 0 Å². The third-order valence-corrected chi connectivity index (χ3v) is 3.63. The van der Waals surface area contributed by atoms with Crippen LogP contribution in [0.1, 0.15) is 30.3 Å². The maximum atomic E-state index is 11.6. The summed E-state index contributed by atoms with van der Waals surface area (Å²) in [6.45, 7) is 2.82. The standard InChI is InChI=1S/C14H22N4O2/c1-10-15-12(7-13(16-10)17(2)3)11-5-4-6-18(8-11)14(20)9-19/h7,11,19H,4-6,8-9H2,1-3H3/t11-/m1/s1. The average Bonchev–Trinajstić information content (AvgIpc) is 2.45. The van der Waals surface area contributed by atoms with Crippen molar-refractivity contribution in [2.24, 2.45) is 0 Å². The fourth-order valence-electron chi connectivity index (χ4n) is 2.56. The van der Waals surface area contributed by atoms with E-state index < -0.39 is 6.61 Å². The molecule has 0 radical (unpaired) electrons. The highest BCUT2D eigenvalue weighted by atomic mass is 16.3. The molecule has 1 saturated heterocycles. The summed E-state index contributed by atoms with van der Waals surface area (Å²) < 4.78 is 0. The molecule has 1 N–H and O–H groups in total. The smallest absolute Gasteiger partial charge is 0.248 e. The second kappa shape index (κ2) is 6.17. The summed E-state index contributed by atoms with van der Waals surface area (Å²) in [5.74, 6) is 1.66. The molecule has 0 bridgehead atoms. The molecule has 2 heterocycles. The highest BCUT2D eigenvalue weighted by Gasteiger charge is 2.25. The highest BCUT2D eigenvalue weighted by molar-refractivity contribution is 5.77. The van der Waals surface area contributed by atoms with Gasteiger partial charge in [0.05, 0.1) is 5.69 Å². The number of likely N-dealkylation sites (tertiary alicyclic amines) is 1. The molecule has 0 unspecified atom stereocenters. The zero-order chi connectivity index (χ0) is 14.7. The number of aliphatic hydroxyl groups is 1. The number of hydrogen-bond donors (Lipinski definition) is 1. The number of carbonyl (C=O) groups excluding carboxylic acids is 1. The van der Waals surface area contributed by atoms with Gasteiger partial charge in [0.15, 0.2) is 0 Å². The number of hydrogen-bond acceptors (Lipinski definition) is 5. The Balaban J connectivity index is 2.20. The van der Waals surface area contributed by atoms with Crippen molar-refractivity contribution in [2.45, 2.75) is 25.7 Å². The molecule has 1 aromatic heterocycles. The van der Waals surface area contributed by atoms with Crippen LogP contribution in [0.3, 0.4) is 0 Å². The molecule has 1 fully saturated rings. The van der Waals surface area contributed by atoms with Crippen LogP contribution in [0.4, 0.5) is 5.82 Å². The monoisotopic (exact) mass is 278 g/mol. The second-order valence-corrected chi connectivity index (χ2v) is 5.43. The molecule has 0 aliphatic carbocycles. The van der Waals surface area contributed by atoms with E-state index in [1.807, 2.05) is 32.0 Å². The molecule has 1 aromatic rings. The van der Waals surface area contributed by atoms with Crippen molar-refractivity contribution in [2.75, 3.05) is 38.7 Å². The van der Waals surface area contributed by atoms with Gasteiger partial charge in [0.25, 0.3) is 0 Å². The van der Waals surface area contributed by atoms with Gasteiger partial charge in [-0.3, -0.25) is 4.79 Å². The molecule has 2 rings (SSSR count). The topological polar surface area (TPSA) is 69.6 Å². The minimum absolute atomic E-state index is 0.201. The van der Waals surface area contributed by atoms with E-state index in [0.717, 1.165) is 36.7 Å². The Morgan fingerprint density at radius 2 is 2.25 bits per heavy atom. The Hall–Kier alpha value is -1.69. The number of aromatic nitrogens is 2. The van der Waals surface area contributed by atoms with E-state index >= 15 is 0 Å². The summed E-state index contributed by atoms with van der Waals surface area (Å²) >= 11 is 0. The molecule has 1 atom stereocenters. The van der Waals surface area contributed by atoms with Crippen LogP contribution in [0.2, 0.25) is 0 Å². The number of nitrogens with zero attached hydrogens (tertiary/aromatic N) is 4. The van der Waals surface area contributed by atoms with Crippen LogP contribution in [-0.4, -0.2) is 59.7 Å². The number of aliphatic hydroxyl groups excluding tert-OH is 1. The van der Waals surface area contributed by atoms with Gasteiger partial charge in [-0.25, -0.2) is 9.97 Å². The maximum absolute atomic E-state index is 11.6. The van der Waals surface area contributed by atoms with Crippen molar-refractivity contribution in [3.05, 3.63) is 17.6 Å². The minimum Gasteiger partial charge on any atom is -0.387 e. The molecule has 110 valence electrons. The van der Waals surface area contributed by atoms with Crippen molar-refractivity contribution in [3.63, 3.8) is 0 Å². The van der Waals surface area contributed by atoms with Gasteiger partial charge < -0.3 is 14.9 Å². The zero-order valence-electron chi connectivity index (χ0n) is 12.3. The van der Waals surface area contributed by atoms with E-state index in [9.17, 15) is 4.79 Å². The summed E-state index contributed by atoms with van der Waals surface area (Å²) in [6, 6.07) is 1.99. The summed E-state index contributed by atoms with van der Waals surface area (Å²) in [4.78, 5) is 24.2. The van der Waals surface area contributed by atoms with E-state index in [-0.39, 0.29) is 11.8 Å². The number of amides is 1. The maximum Gasteiger partial charge on any atom is 0.248 e. The van der Waals surface area contributed by atoms with E-state index in [0.29, 0.717) is 6.54 Å². The molecule has 0 saturated carbocycles. The SMILES string of the molecule is Cc1nc([C@@H]2CCCN(C(=O)CO)C2)cc(N(C)C)n1. The Morgan fingerprint density at radius 1 is 1.50 bits per heavy atom. The molecule has 0 aromatic carbocycles. The zero-order valence-corrected chi connectivity index (χ0v) is 12.3. The van der Waals surface area contributed by atoms with Crippen LogP contribution in [0.25, 0.3) is 0 Å². The number of aryl methyl sites for hydroxylation is 1. The lowest BCUT2D eigenvalue weighted by molar-refractivity contribution is -0.135. The summed E-state index contributed by atoms with van der Waals surface area (Å²) in [7, 11) is 3.90. The van der Waals surface area contributed by atoms with Gasteiger partial charge in [-0.05, 0) is 19.8 Å². The fourth-order valence-corrected chi connectivity index (χ4v) is 2.56. The average molecular weight is 278 g/mol. The van der Waals surface area contributed by atoms with Crippen molar-refractivity contribution >= 4 is 11.7 Å². The highest BCUT2D eigenvalue weighted by Crippen LogP contribution is 2.27. The van der Waals surface area contributed by atoms with E-state index in [1.165, 1.54) is 0 Å². The molecule has 1 aliphatic heterocycles. The number of rotatable bonds is 3. The third-order valence-electron chi connectivity index (χ3n) is 3.63. The van der Waals surface area contributed by atoms with Crippen LogP contribution >= 0.6 is 0 Å². The van der Waals surface area contributed by atoms with Crippen LogP contribution in [0.5, 0.6) is 0 Å². The third kappa shape index (κ3) is 3.25. The fraction of sp³-hybridized carbons (Fsp3) is 0.643. The summed E-state index contributed by atoms with van der Waals surface area (Å²) in [6.07, 6.45) is 1.95. The van der Waals surface area contributed by atoms with Crippen LogP contribution in [0, 0.1) is 6.92 Å². The number of carbonyl (C=O) groups is 1. The lowest BCUT2D eigenvalue weighted by Gasteiger charge is -2.32. The van der Waals surface area contributed by atoms with Gasteiger partial charge in [0, 0.05) is 39.2 Å². The molecular formula is C14H22N4O2. The molecule has 20 heavy (non-hydrogen) atoms. The lowest BCUT2D eigenvalue weighted by atomic mass is 9.94. The number of anilines is 1. The van der Waals surface area contributed by atoms with Gasteiger partial charge in [-0.2, -0.15) is 0 Å². The van der Waals surface area contributed by atoms with Crippen LogP contribution in [0.15, 0.2) is 6.07 Å². The Labute approximate surface area is 119 Å². The minimum atomic E-state index is -0.418. The lowest BCUT2D eigenvalue weighted by Crippen LogP contribution is -2.40. The molecular weight excluding hydrogens is 256 g/mol. The van der Waals surface area contributed by atoms with Crippen molar-refractivity contribution in [1.82, 2.24) is 14.9 Å². The first-order valence-electron chi connectivity index (χ1n) is 6.92. The van der Waals surface area contributed by atoms with E-state index in [1.54, 1.807) is 4.90 Å². The van der Waals surface area contributed by atoms with Gasteiger partial charge >= 0.3 is 0 Å². The summed E-state index contributed by atoms with van der Waals surface area (Å²) in [5.41, 5.74) is 0.983. The molecule has 1 aliphatic rings. The molecule has 6 nitrogen and oxygen atoms in total. The Bertz CT molecular complexity index is 490. The van der Waals surface area contributed by atoms with Crippen LogP contribution in [-0.2, 0) is 4.79 Å². The summed E-state index contributed by atoms with van der Waals surface area (Å²) in [5, 5.41) is 8.98. The molecule has 6 heteroatoms. The second-order valence-electron chi connectivity index (χ2n) is 5.43. The van der Waals surface area contributed by atoms with Gasteiger partial charge in [0.1, 0.15) is 18.2 Å². The normalized spacial score (nSPS) is 19.0. The van der Waals surface area contributed by atoms with Crippen LogP contribution < -0.4 is 4.90 Å². The molecule has 1 amide bonds. The van der Waals surface area contributed by atoms with Gasteiger partial charge in [-0.1, -0.05) is 0 Å². The van der Waals surface area contributed by atoms with Gasteiger partial charge in [-0.15, -0.1) is 0 Å². The quantitative estimate of drug-likeness (QED) is 0.874. The first-order valence-corrected chi connectivity index (χ1v) is 6.92. The van der Waals surface area contributed by atoms with Crippen molar-refractivity contribution in [1.29, 1.82) is 0 Å². The number of piperidine rings is 1. The predicted molar refractivity (Wildman–Crippen MR) is 76.7 cm³/mol. The Morgan fingerprint density at radius 3 is 2.90 bits per heavy atom. The molecule has 0 spiro atoms. The predicted octanol–water partition coefficient (Wildman–Crippen LogP) is 0.549. The largest absolute Gasteiger partial charge is 0.387 e. The first kappa shape index (κ1) is 14.7. The van der Waals surface area contributed by atoms with Crippen molar-refractivity contribution < 1.29 is 9.90 Å². The first-order chi connectivity index (χ1) is 9.51. The van der Waals surface area contributed by atoms with E-state index in [4.69, 9.17) is 5.11 Å². The van der Waals surface area contributed by atoms with E-state index in [2.05, 4.69) is 9.97 Å². The Kier molecular flexibility index (Phi) is 4.54. The van der Waals surface area contributed by atoms with Gasteiger partial charge in [0.2, 0.25) is 5.91 Å².